The van der Waals surface area contributed by atoms with Crippen LogP contribution in [0.3, 0.4) is 0 Å². The van der Waals surface area contributed by atoms with E-state index < -0.39 is 0 Å². The van der Waals surface area contributed by atoms with Gasteiger partial charge in [0.05, 0.1) is 5.56 Å². The Hall–Kier alpha value is -3.91. The van der Waals surface area contributed by atoms with Crippen LogP contribution in [0.15, 0.2) is 66.9 Å². The molecule has 2 aromatic carbocycles. The zero-order valence-corrected chi connectivity index (χ0v) is 25.2. The number of pyridine rings is 1. The molecule has 2 amide bonds. The van der Waals surface area contributed by atoms with Crippen LogP contribution in [0, 0.1) is 6.92 Å². The minimum Gasteiger partial charge on any atom is -0.490 e. The predicted molar refractivity (Wildman–Crippen MR) is 169 cm³/mol. The van der Waals surface area contributed by atoms with Crippen molar-refractivity contribution in [2.45, 2.75) is 64.1 Å². The first-order chi connectivity index (χ1) is 21.0. The zero-order chi connectivity index (χ0) is 29.6. The molecular formula is C35H43N5O3. The van der Waals surface area contributed by atoms with Crippen molar-refractivity contribution in [3.05, 3.63) is 89.2 Å². The quantitative estimate of drug-likeness (QED) is 0.401. The van der Waals surface area contributed by atoms with Crippen molar-refractivity contribution in [1.82, 2.24) is 20.1 Å². The van der Waals surface area contributed by atoms with E-state index in [0.717, 1.165) is 51.1 Å². The molecule has 0 saturated carbocycles. The molecular weight excluding hydrogens is 538 g/mol. The molecule has 0 spiro atoms. The van der Waals surface area contributed by atoms with Gasteiger partial charge < -0.3 is 19.9 Å². The Kier molecular flexibility index (Phi) is 9.22. The van der Waals surface area contributed by atoms with Gasteiger partial charge >= 0.3 is 0 Å². The van der Waals surface area contributed by atoms with Crippen molar-refractivity contribution in [3.8, 4) is 5.75 Å². The normalized spacial score (nSPS) is 18.5. The monoisotopic (exact) mass is 581 g/mol. The van der Waals surface area contributed by atoms with Crippen LogP contribution in [-0.2, 0) is 6.54 Å². The van der Waals surface area contributed by atoms with Crippen molar-refractivity contribution in [2.75, 3.05) is 44.2 Å². The van der Waals surface area contributed by atoms with E-state index in [1.807, 2.05) is 29.2 Å². The van der Waals surface area contributed by atoms with E-state index >= 15 is 0 Å². The van der Waals surface area contributed by atoms with Gasteiger partial charge in [-0.2, -0.15) is 0 Å². The number of nitrogens with one attached hydrogen (secondary N) is 1. The molecule has 8 nitrogen and oxygen atoms in total. The highest BCUT2D eigenvalue weighted by Gasteiger charge is 2.26. The number of hydrogen-bond acceptors (Lipinski definition) is 6. The van der Waals surface area contributed by atoms with Crippen molar-refractivity contribution in [1.29, 1.82) is 0 Å². The lowest BCUT2D eigenvalue weighted by molar-refractivity contribution is 0.0594. The summed E-state index contributed by atoms with van der Waals surface area (Å²) in [7, 11) is 0. The summed E-state index contributed by atoms with van der Waals surface area (Å²) in [5.41, 5.74) is 4.73. The molecule has 3 saturated heterocycles. The zero-order valence-electron chi connectivity index (χ0n) is 25.2. The Balaban J connectivity index is 0.922. The second kappa shape index (κ2) is 13.6. The summed E-state index contributed by atoms with van der Waals surface area (Å²) in [6.45, 7) is 8.51. The van der Waals surface area contributed by atoms with E-state index in [1.54, 1.807) is 12.1 Å². The first-order valence-electron chi connectivity index (χ1n) is 15.9. The van der Waals surface area contributed by atoms with Gasteiger partial charge in [-0.15, -0.1) is 0 Å². The summed E-state index contributed by atoms with van der Waals surface area (Å²) in [4.78, 5) is 37.1. The standard InChI is InChI=1S/C35H43N5O3/c1-26-4-11-31(12-5-26)43-32-16-22-40(23-17-32)35(42)28-8-13-33(36-24-28)34(41)37-29-14-20-38(21-15-29)25-27-6-9-30(10-7-27)39-18-2-3-19-39/h4-13,24,29,32H,2-3,14-23,25H2,1H3,(H,37,41). The van der Waals surface area contributed by atoms with Crippen molar-refractivity contribution in [3.63, 3.8) is 0 Å². The number of rotatable bonds is 8. The number of aryl methyl sites for hydroxylation is 1. The number of benzene rings is 2. The topological polar surface area (TPSA) is 78.0 Å². The van der Waals surface area contributed by atoms with Gasteiger partial charge in [0, 0.05) is 76.6 Å². The number of carbonyl (C=O) groups excluding carboxylic acids is 2. The average Bonchev–Trinajstić information content (AvgIpc) is 3.59. The van der Waals surface area contributed by atoms with Crippen LogP contribution in [0.4, 0.5) is 5.69 Å². The van der Waals surface area contributed by atoms with Crippen LogP contribution in [0.5, 0.6) is 5.75 Å². The smallest absolute Gasteiger partial charge is 0.270 e. The highest BCUT2D eigenvalue weighted by molar-refractivity contribution is 5.96. The number of nitrogens with zero attached hydrogens (tertiary/aromatic N) is 4. The first kappa shape index (κ1) is 29.2. The molecule has 3 fully saturated rings. The van der Waals surface area contributed by atoms with Crippen molar-refractivity contribution < 1.29 is 14.3 Å². The van der Waals surface area contributed by atoms with Gasteiger partial charge in [0.25, 0.3) is 11.8 Å². The lowest BCUT2D eigenvalue weighted by atomic mass is 10.0. The van der Waals surface area contributed by atoms with Crippen molar-refractivity contribution in [2.24, 2.45) is 0 Å². The number of amides is 2. The summed E-state index contributed by atoms with van der Waals surface area (Å²) in [6, 6.07) is 20.6. The van der Waals surface area contributed by atoms with Crippen LogP contribution in [0.1, 0.15) is 70.5 Å². The van der Waals surface area contributed by atoms with Crippen molar-refractivity contribution >= 4 is 17.5 Å². The molecule has 0 atom stereocenters. The molecule has 8 heteroatoms. The summed E-state index contributed by atoms with van der Waals surface area (Å²) in [6.07, 6.45) is 7.63. The molecule has 4 heterocycles. The summed E-state index contributed by atoms with van der Waals surface area (Å²) >= 11 is 0. The molecule has 0 bridgehead atoms. The Morgan fingerprint density at radius 3 is 2.19 bits per heavy atom. The number of hydrogen-bond donors (Lipinski definition) is 1. The summed E-state index contributed by atoms with van der Waals surface area (Å²) in [5.74, 6) is 0.646. The maximum absolute atomic E-state index is 13.1. The maximum Gasteiger partial charge on any atom is 0.270 e. The predicted octanol–water partition coefficient (Wildman–Crippen LogP) is 5.07. The molecule has 226 valence electrons. The molecule has 43 heavy (non-hydrogen) atoms. The molecule has 3 aliphatic rings. The lowest BCUT2D eigenvalue weighted by Crippen LogP contribution is -2.44. The lowest BCUT2D eigenvalue weighted by Gasteiger charge is -2.32. The van der Waals surface area contributed by atoms with Crippen LogP contribution in [0.2, 0.25) is 0 Å². The SMILES string of the molecule is Cc1ccc(OC2CCN(C(=O)c3ccc(C(=O)NC4CCN(Cc5ccc(N6CCCC6)cc5)CC4)nc3)CC2)cc1. The highest BCUT2D eigenvalue weighted by atomic mass is 16.5. The molecule has 0 radical (unpaired) electrons. The molecule has 3 aliphatic heterocycles. The van der Waals surface area contributed by atoms with Gasteiger partial charge in [-0.3, -0.25) is 19.5 Å². The van der Waals surface area contributed by atoms with E-state index in [1.165, 1.54) is 48.9 Å². The number of likely N-dealkylation sites (tertiary alicyclic amines) is 2. The van der Waals surface area contributed by atoms with Crippen LogP contribution in [0.25, 0.3) is 0 Å². The minimum absolute atomic E-state index is 0.0497. The van der Waals surface area contributed by atoms with E-state index in [-0.39, 0.29) is 24.0 Å². The van der Waals surface area contributed by atoms with E-state index in [2.05, 4.69) is 51.3 Å². The van der Waals surface area contributed by atoms with Crippen LogP contribution in [-0.4, -0.2) is 78.0 Å². The largest absolute Gasteiger partial charge is 0.490 e. The second-order valence-corrected chi connectivity index (χ2v) is 12.2. The molecule has 0 aliphatic carbocycles. The van der Waals surface area contributed by atoms with Gasteiger partial charge in [-0.25, -0.2) is 0 Å². The third-order valence-electron chi connectivity index (χ3n) is 9.03. The fourth-order valence-electron chi connectivity index (χ4n) is 6.36. The number of piperidine rings is 2. The van der Waals surface area contributed by atoms with Gasteiger partial charge in [0.15, 0.2) is 0 Å². The Labute approximate surface area is 255 Å². The van der Waals surface area contributed by atoms with E-state index in [0.29, 0.717) is 24.3 Å². The molecule has 0 unspecified atom stereocenters. The molecule has 3 aromatic rings. The highest BCUT2D eigenvalue weighted by Crippen LogP contribution is 2.23. The van der Waals surface area contributed by atoms with Gasteiger partial charge in [0.1, 0.15) is 17.5 Å². The fourth-order valence-corrected chi connectivity index (χ4v) is 6.36. The molecule has 1 N–H and O–H groups in total. The second-order valence-electron chi connectivity index (χ2n) is 12.2. The minimum atomic E-state index is -0.177. The van der Waals surface area contributed by atoms with Gasteiger partial charge in [-0.1, -0.05) is 29.8 Å². The van der Waals surface area contributed by atoms with E-state index in [4.69, 9.17) is 4.74 Å². The number of ether oxygens (including phenoxy) is 1. The molecule has 6 rings (SSSR count). The Bertz CT molecular complexity index is 1350. The summed E-state index contributed by atoms with van der Waals surface area (Å²) in [5, 5.41) is 3.16. The van der Waals surface area contributed by atoms with Gasteiger partial charge in [-0.05, 0) is 74.6 Å². The molecule has 1 aromatic heterocycles. The third-order valence-corrected chi connectivity index (χ3v) is 9.03. The number of aromatic nitrogens is 1. The number of carbonyl (C=O) groups is 2. The first-order valence-corrected chi connectivity index (χ1v) is 15.9. The Morgan fingerprint density at radius 2 is 1.53 bits per heavy atom. The Morgan fingerprint density at radius 1 is 0.837 bits per heavy atom. The average molecular weight is 582 g/mol. The maximum atomic E-state index is 13.1. The van der Waals surface area contributed by atoms with Crippen LogP contribution < -0.4 is 15.0 Å². The van der Waals surface area contributed by atoms with E-state index in [9.17, 15) is 9.59 Å². The van der Waals surface area contributed by atoms with Crippen LogP contribution >= 0.6 is 0 Å². The summed E-state index contributed by atoms with van der Waals surface area (Å²) < 4.78 is 6.10. The fraction of sp³-hybridized carbons (Fsp3) is 0.457. The third kappa shape index (κ3) is 7.54. The number of anilines is 1. The van der Waals surface area contributed by atoms with Gasteiger partial charge in [0.2, 0.25) is 0 Å².